The summed E-state index contributed by atoms with van der Waals surface area (Å²) in [5, 5.41) is 14.0. The minimum Gasteiger partial charge on any atom is -0.400 e. The molecule has 0 aliphatic heterocycles. The quantitative estimate of drug-likeness (QED) is 0.169. The molecule has 0 unspecified atom stereocenters. The second-order valence-corrected chi connectivity index (χ2v) is 10.4. The number of allylic oxidation sites excluding steroid dienone is 2. The lowest BCUT2D eigenvalue weighted by Crippen LogP contribution is -2.39. The first kappa shape index (κ1) is 55.1. The van der Waals surface area contributed by atoms with E-state index >= 15 is 0 Å². The molecule has 268 valence electrons. The highest BCUT2D eigenvalue weighted by Crippen LogP contribution is 2.57. The van der Waals surface area contributed by atoms with Crippen molar-refractivity contribution in [3.05, 3.63) is 60.2 Å². The topological polar surface area (TPSA) is 134 Å². The molecule has 0 spiro atoms. The van der Waals surface area contributed by atoms with Crippen molar-refractivity contribution in [1.29, 1.82) is 5.41 Å². The third-order valence-corrected chi connectivity index (χ3v) is 6.74. The van der Waals surface area contributed by atoms with Crippen LogP contribution in [0.4, 0.5) is 8.78 Å². The zero-order chi connectivity index (χ0) is 37.8. The number of hydrogen-bond donors (Lipinski definition) is 3. The van der Waals surface area contributed by atoms with Gasteiger partial charge in [0.1, 0.15) is 6.79 Å². The summed E-state index contributed by atoms with van der Waals surface area (Å²) in [5.41, 5.74) is 6.44. The molecule has 9 heteroatoms. The Hall–Kier alpha value is -3.33. The highest BCUT2D eigenvalue weighted by atomic mass is 19.2. The normalized spacial score (nSPS) is 17.9. The number of carbonyl (C=O) groups excluding carboxylic acids is 3. The van der Waals surface area contributed by atoms with Crippen molar-refractivity contribution in [2.75, 3.05) is 14.2 Å². The van der Waals surface area contributed by atoms with Crippen LogP contribution in [-0.4, -0.2) is 49.7 Å². The molecule has 46 heavy (non-hydrogen) atoms. The summed E-state index contributed by atoms with van der Waals surface area (Å²) in [6.07, 6.45) is 16.5. The number of nitrogens with zero attached hydrogens (tertiary/aromatic N) is 1. The number of amides is 1. The van der Waals surface area contributed by atoms with Gasteiger partial charge in [0.2, 0.25) is 5.91 Å². The Kier molecular flexibility index (Phi) is 45.3. The van der Waals surface area contributed by atoms with Gasteiger partial charge in [0.05, 0.1) is 5.71 Å². The fraction of sp³-hybridized carbons (Fsp3) is 0.595. The molecule has 1 aromatic rings. The van der Waals surface area contributed by atoms with Crippen LogP contribution in [0.2, 0.25) is 0 Å². The Balaban J connectivity index is -0.000000107. The SMILES string of the molecule is C=CC.C=O.CC.CC(=O)C(=N)/C=C(\C)C(N)=O.CC=NC.CCC.CCC12CCC(C)(CC1)CC2.CO.Fc1ccccc1F. The lowest BCUT2D eigenvalue weighted by molar-refractivity contribution is -0.114. The average Bonchev–Trinajstić information content (AvgIpc) is 3.07. The zero-order valence-corrected chi connectivity index (χ0v) is 31.1. The maximum atomic E-state index is 11.9. The minimum atomic E-state index is -0.799. The lowest BCUT2D eigenvalue weighted by Gasteiger charge is -2.52. The molecule has 4 N–H and O–H groups in total. The molecule has 1 amide bonds. The Morgan fingerprint density at radius 3 is 1.46 bits per heavy atom. The van der Waals surface area contributed by atoms with E-state index in [1.165, 1.54) is 77.3 Å². The Morgan fingerprint density at radius 2 is 1.26 bits per heavy atom. The Bertz CT molecular complexity index is 914. The standard InChI is InChI=1S/C11H20.C7H10N2O2.C6H4F2.C3H7N.C3H8.C3H6.C2H6.CH4O.CH2O/c1-3-11-7-4-10(2,5-8-11)6-9-11;1-4(7(9)11)3-6(8)5(2)10;7-5-3-1-2-4-6(5)8;1-3-4-2;2*1-3-2;3*1-2/h3-9H2,1-2H3;3,8H,1-2H3,(H2,9,11);1-4H;3H,1-2H3;3H2,1-2H3;3H,1H2,2H3;1-2H3;2H,1H3;1H2/b;4-3+,8-6?;;;;;;;. The van der Waals surface area contributed by atoms with Crippen LogP contribution in [0.5, 0.6) is 0 Å². The van der Waals surface area contributed by atoms with E-state index < -0.39 is 17.5 Å². The van der Waals surface area contributed by atoms with E-state index in [0.717, 1.165) is 36.1 Å². The van der Waals surface area contributed by atoms with Crippen LogP contribution in [-0.2, 0) is 14.4 Å². The highest BCUT2D eigenvalue weighted by molar-refractivity contribution is 6.42. The Morgan fingerprint density at radius 1 is 0.957 bits per heavy atom. The summed E-state index contributed by atoms with van der Waals surface area (Å²) in [6.45, 7) is 25.0. The zero-order valence-electron chi connectivity index (χ0n) is 31.1. The number of benzene rings is 1. The van der Waals surface area contributed by atoms with E-state index in [1.54, 1.807) is 19.3 Å². The molecule has 0 aromatic heterocycles. The summed E-state index contributed by atoms with van der Waals surface area (Å²) >= 11 is 0. The van der Waals surface area contributed by atoms with Gasteiger partial charge in [-0.2, -0.15) is 0 Å². The Labute approximate surface area is 280 Å². The maximum Gasteiger partial charge on any atom is 0.244 e. The molecular formula is C37H67F2N3O4. The smallest absolute Gasteiger partial charge is 0.244 e. The predicted molar refractivity (Wildman–Crippen MR) is 195 cm³/mol. The average molecular weight is 656 g/mol. The monoisotopic (exact) mass is 656 g/mol. The van der Waals surface area contributed by atoms with E-state index in [-0.39, 0.29) is 17.1 Å². The fourth-order valence-electron chi connectivity index (χ4n) is 3.81. The van der Waals surface area contributed by atoms with Gasteiger partial charge < -0.3 is 20.6 Å². The summed E-state index contributed by atoms with van der Waals surface area (Å²) in [5.74, 6) is -2.60. The molecule has 4 rings (SSSR count). The van der Waals surface area contributed by atoms with Crippen LogP contribution in [0.25, 0.3) is 0 Å². The lowest BCUT2D eigenvalue weighted by atomic mass is 9.54. The van der Waals surface area contributed by atoms with Crippen molar-refractivity contribution in [1.82, 2.24) is 0 Å². The number of hydrogen-bond acceptors (Lipinski definition) is 6. The molecule has 3 saturated carbocycles. The fourth-order valence-corrected chi connectivity index (χ4v) is 3.81. The van der Waals surface area contributed by atoms with Crippen LogP contribution in [0, 0.1) is 27.9 Å². The van der Waals surface area contributed by atoms with Gasteiger partial charge >= 0.3 is 0 Å². The van der Waals surface area contributed by atoms with E-state index in [4.69, 9.17) is 21.0 Å². The van der Waals surface area contributed by atoms with E-state index in [2.05, 4.69) is 39.3 Å². The highest BCUT2D eigenvalue weighted by Gasteiger charge is 2.44. The number of fused-ring (bicyclic) bond motifs is 3. The number of halogens is 2. The molecule has 1 aromatic carbocycles. The van der Waals surface area contributed by atoms with Gasteiger partial charge in [-0.15, -0.1) is 6.58 Å². The number of nitrogens with one attached hydrogen (secondary N) is 1. The molecule has 0 atom stereocenters. The molecule has 0 saturated heterocycles. The van der Waals surface area contributed by atoms with Crippen molar-refractivity contribution >= 4 is 30.4 Å². The van der Waals surface area contributed by atoms with E-state index in [9.17, 15) is 18.4 Å². The maximum absolute atomic E-state index is 11.9. The molecule has 2 bridgehead atoms. The molecule has 3 aliphatic rings. The van der Waals surface area contributed by atoms with Gasteiger partial charge in [0, 0.05) is 26.7 Å². The molecule has 3 aliphatic carbocycles. The molecule has 3 fully saturated rings. The number of aliphatic hydroxyl groups excluding tert-OH is 1. The van der Waals surface area contributed by atoms with Crippen molar-refractivity contribution in [3.8, 4) is 0 Å². The number of aliphatic imine (C=N–C) groups is 1. The van der Waals surface area contributed by atoms with E-state index in [1.807, 2.05) is 34.5 Å². The third kappa shape index (κ3) is 32.1. The number of rotatable bonds is 4. The summed E-state index contributed by atoms with van der Waals surface area (Å²) in [7, 11) is 2.75. The summed E-state index contributed by atoms with van der Waals surface area (Å²) < 4.78 is 23.9. The number of aliphatic hydroxyl groups is 1. The number of nitrogens with two attached hydrogens (primary N) is 1. The molecular weight excluding hydrogens is 588 g/mol. The second-order valence-electron chi connectivity index (χ2n) is 10.4. The van der Waals surface area contributed by atoms with E-state index in [0.29, 0.717) is 0 Å². The number of ketones is 1. The van der Waals surface area contributed by atoms with Crippen LogP contribution in [0.1, 0.15) is 121 Å². The van der Waals surface area contributed by atoms with Crippen LogP contribution in [0.3, 0.4) is 0 Å². The minimum absolute atomic E-state index is 0.207. The van der Waals surface area contributed by atoms with Gasteiger partial charge in [-0.1, -0.05) is 72.6 Å². The number of primary amides is 1. The molecule has 7 nitrogen and oxygen atoms in total. The first-order valence-corrected chi connectivity index (χ1v) is 15.8. The molecule has 0 radical (unpaired) electrons. The number of carbonyl (C=O) groups is 3. The number of Topliss-reactive ketones (excluding diaryl/α,β-unsaturated/α-hetero) is 1. The largest absolute Gasteiger partial charge is 0.400 e. The third-order valence-electron chi connectivity index (χ3n) is 6.74. The second kappa shape index (κ2) is 37.9. The first-order valence-electron chi connectivity index (χ1n) is 15.8. The first-order chi connectivity index (χ1) is 21.7. The van der Waals surface area contributed by atoms with Crippen molar-refractivity contribution < 1.29 is 28.3 Å². The van der Waals surface area contributed by atoms with Crippen molar-refractivity contribution in [2.45, 2.75) is 121 Å². The van der Waals surface area contributed by atoms with Crippen LogP contribution >= 0.6 is 0 Å². The summed E-state index contributed by atoms with van der Waals surface area (Å²) in [4.78, 5) is 32.5. The van der Waals surface area contributed by atoms with Gasteiger partial charge in [-0.3, -0.25) is 15.0 Å². The predicted octanol–water partition coefficient (Wildman–Crippen LogP) is 9.51. The van der Waals surface area contributed by atoms with Crippen molar-refractivity contribution in [2.24, 2.45) is 21.6 Å². The molecule has 0 heterocycles. The van der Waals surface area contributed by atoms with Crippen molar-refractivity contribution in [3.63, 3.8) is 0 Å². The van der Waals surface area contributed by atoms with Gasteiger partial charge in [0.15, 0.2) is 17.4 Å². The van der Waals surface area contributed by atoms with Crippen LogP contribution in [0.15, 0.2) is 53.6 Å². The van der Waals surface area contributed by atoms with Gasteiger partial charge in [-0.25, -0.2) is 8.78 Å². The van der Waals surface area contributed by atoms with Gasteiger partial charge in [-0.05, 0) is 94.5 Å². The van der Waals surface area contributed by atoms with Gasteiger partial charge in [0.25, 0.3) is 0 Å². The summed E-state index contributed by atoms with van der Waals surface area (Å²) in [6, 6.07) is 5.04. The van der Waals surface area contributed by atoms with Crippen LogP contribution < -0.4 is 5.73 Å².